The smallest absolute Gasteiger partial charge is 0.143 e. The zero-order valence-corrected chi connectivity index (χ0v) is 20.2. The molecule has 8 rings (SSSR count). The van der Waals surface area contributed by atoms with Crippen LogP contribution in [-0.2, 0) is 0 Å². The van der Waals surface area contributed by atoms with E-state index in [4.69, 9.17) is 9.97 Å². The topological polar surface area (TPSA) is 30.7 Å². The molecule has 1 aliphatic carbocycles. The number of thiophene rings is 1. The van der Waals surface area contributed by atoms with Crippen molar-refractivity contribution in [1.82, 2.24) is 14.5 Å². The second kappa shape index (κ2) is 7.61. The minimum atomic E-state index is 0.358. The second-order valence-corrected chi connectivity index (χ2v) is 10.5. The monoisotopic (exact) mass is 479 g/mol. The molecule has 1 aliphatic rings. The van der Waals surface area contributed by atoms with Crippen molar-refractivity contribution in [2.45, 2.75) is 12.3 Å². The van der Waals surface area contributed by atoms with Gasteiger partial charge in [-0.2, -0.15) is 0 Å². The first-order valence-corrected chi connectivity index (χ1v) is 13.1. The molecule has 7 aromatic rings. The molecule has 170 valence electrons. The van der Waals surface area contributed by atoms with Crippen molar-refractivity contribution in [2.75, 3.05) is 0 Å². The molecule has 3 aromatic heterocycles. The molecule has 0 spiro atoms. The third-order valence-electron chi connectivity index (χ3n) is 7.35. The Bertz CT molecular complexity index is 1990. The number of hydrogen-bond acceptors (Lipinski definition) is 3. The van der Waals surface area contributed by atoms with Gasteiger partial charge in [-0.15, -0.1) is 11.3 Å². The Kier molecular flexibility index (Phi) is 4.22. The molecule has 0 saturated heterocycles. The Hall–Kier alpha value is -4.28. The molecule has 0 amide bonds. The Morgan fingerprint density at radius 2 is 1.42 bits per heavy atom. The van der Waals surface area contributed by atoms with Crippen molar-refractivity contribution < 1.29 is 0 Å². The molecule has 3 heterocycles. The number of benzene rings is 4. The second-order valence-electron chi connectivity index (χ2n) is 9.42. The fourth-order valence-electron chi connectivity index (χ4n) is 5.61. The first-order chi connectivity index (χ1) is 17.8. The molecular weight excluding hydrogens is 458 g/mol. The molecule has 36 heavy (non-hydrogen) atoms. The van der Waals surface area contributed by atoms with Crippen LogP contribution in [-0.4, -0.2) is 14.5 Å². The average molecular weight is 480 g/mol. The van der Waals surface area contributed by atoms with Crippen LogP contribution in [0.3, 0.4) is 0 Å². The van der Waals surface area contributed by atoms with Gasteiger partial charge in [0, 0.05) is 32.5 Å². The molecule has 0 radical (unpaired) electrons. The molecule has 0 saturated carbocycles. The van der Waals surface area contributed by atoms with Gasteiger partial charge in [0.2, 0.25) is 0 Å². The van der Waals surface area contributed by atoms with Crippen LogP contribution in [0, 0.1) is 0 Å². The summed E-state index contributed by atoms with van der Waals surface area (Å²) in [5, 5.41) is 3.79. The summed E-state index contributed by atoms with van der Waals surface area (Å²) in [5.41, 5.74) is 8.01. The number of allylic oxidation sites excluding steroid dienone is 4. The van der Waals surface area contributed by atoms with Gasteiger partial charge in [0.1, 0.15) is 10.3 Å². The molecule has 4 aromatic carbocycles. The van der Waals surface area contributed by atoms with E-state index in [0.717, 1.165) is 27.8 Å². The third-order valence-corrected chi connectivity index (χ3v) is 8.39. The summed E-state index contributed by atoms with van der Waals surface area (Å²) >= 11 is 1.74. The van der Waals surface area contributed by atoms with Crippen molar-refractivity contribution in [2.24, 2.45) is 0 Å². The number of rotatable bonds is 2. The van der Waals surface area contributed by atoms with Gasteiger partial charge in [0.25, 0.3) is 0 Å². The van der Waals surface area contributed by atoms with E-state index in [0.29, 0.717) is 5.92 Å². The van der Waals surface area contributed by atoms with E-state index in [-0.39, 0.29) is 0 Å². The number of para-hydroxylation sites is 4. The lowest BCUT2D eigenvalue weighted by Crippen LogP contribution is -2.02. The van der Waals surface area contributed by atoms with Crippen LogP contribution in [0.15, 0.2) is 109 Å². The summed E-state index contributed by atoms with van der Waals surface area (Å²) < 4.78 is 3.65. The normalized spacial score (nSPS) is 16.0. The number of aromatic nitrogens is 3. The standard InChI is InChI=1S/C32H21N3S/c1-5-11-28-23(7-1)24-8-2-6-12-29(24)35(28)22-16-13-20(14-17-22)21-15-18-25-30(19-21)36-32-31(25)33-26-9-3-4-10-27(26)34-32/h1-13,15-20H,14H2. The summed E-state index contributed by atoms with van der Waals surface area (Å²) in [6.07, 6.45) is 8.01. The lowest BCUT2D eigenvalue weighted by molar-refractivity contribution is 0.852. The number of fused-ring (bicyclic) bond motifs is 7. The largest absolute Gasteiger partial charge is 0.310 e. The summed E-state index contributed by atoms with van der Waals surface area (Å²) in [4.78, 5) is 10.8. The van der Waals surface area contributed by atoms with Crippen LogP contribution in [0.4, 0.5) is 0 Å². The third kappa shape index (κ3) is 2.91. The van der Waals surface area contributed by atoms with Crippen LogP contribution in [0.25, 0.3) is 59.0 Å². The zero-order chi connectivity index (χ0) is 23.6. The summed E-state index contributed by atoms with van der Waals surface area (Å²) in [7, 11) is 0. The summed E-state index contributed by atoms with van der Waals surface area (Å²) in [6.45, 7) is 0. The Balaban J connectivity index is 1.18. The zero-order valence-electron chi connectivity index (χ0n) is 19.4. The SMILES string of the molecule is C1=CC(c2ccc3c(c2)sc2nc4ccccc4nc23)CC=C1n1c2ccccc2c2ccccc21. The van der Waals surface area contributed by atoms with Crippen molar-refractivity contribution in [3.8, 4) is 0 Å². The molecule has 4 heteroatoms. The van der Waals surface area contributed by atoms with Gasteiger partial charge >= 0.3 is 0 Å². The van der Waals surface area contributed by atoms with Crippen molar-refractivity contribution in [3.63, 3.8) is 0 Å². The lowest BCUT2D eigenvalue weighted by Gasteiger charge is -2.18. The molecule has 0 bridgehead atoms. The maximum atomic E-state index is 4.92. The van der Waals surface area contributed by atoms with E-state index >= 15 is 0 Å². The van der Waals surface area contributed by atoms with Crippen molar-refractivity contribution >= 4 is 70.3 Å². The highest BCUT2D eigenvalue weighted by atomic mass is 32.1. The number of hydrogen-bond donors (Lipinski definition) is 0. The van der Waals surface area contributed by atoms with Gasteiger partial charge in [-0.25, -0.2) is 9.97 Å². The quantitative estimate of drug-likeness (QED) is 0.248. The molecule has 1 atom stereocenters. The van der Waals surface area contributed by atoms with Gasteiger partial charge in [0.05, 0.1) is 22.1 Å². The molecule has 0 N–H and O–H groups in total. The van der Waals surface area contributed by atoms with Gasteiger partial charge in [-0.05, 0) is 48.4 Å². The van der Waals surface area contributed by atoms with Crippen molar-refractivity contribution in [3.05, 3.63) is 115 Å². The summed E-state index contributed by atoms with van der Waals surface area (Å²) in [5.74, 6) is 0.358. The van der Waals surface area contributed by atoms with Crippen LogP contribution in [0.1, 0.15) is 17.9 Å². The Labute approximate surface area is 211 Å². The van der Waals surface area contributed by atoms with Crippen LogP contribution < -0.4 is 0 Å². The molecular formula is C32H21N3S. The maximum Gasteiger partial charge on any atom is 0.143 e. The van der Waals surface area contributed by atoms with Crippen molar-refractivity contribution in [1.29, 1.82) is 0 Å². The first-order valence-electron chi connectivity index (χ1n) is 12.3. The van der Waals surface area contributed by atoms with Gasteiger partial charge in [0.15, 0.2) is 0 Å². The highest BCUT2D eigenvalue weighted by molar-refractivity contribution is 7.25. The minimum absolute atomic E-state index is 0.358. The number of nitrogens with zero attached hydrogens (tertiary/aromatic N) is 3. The molecule has 0 fully saturated rings. The van der Waals surface area contributed by atoms with Crippen LogP contribution in [0.5, 0.6) is 0 Å². The van der Waals surface area contributed by atoms with E-state index in [2.05, 4.69) is 89.5 Å². The van der Waals surface area contributed by atoms with Crippen LogP contribution in [0.2, 0.25) is 0 Å². The van der Waals surface area contributed by atoms with E-state index in [9.17, 15) is 0 Å². The van der Waals surface area contributed by atoms with E-state index in [1.165, 1.54) is 43.2 Å². The van der Waals surface area contributed by atoms with E-state index in [1.807, 2.05) is 24.3 Å². The summed E-state index contributed by atoms with van der Waals surface area (Å²) in [6, 6.07) is 32.3. The van der Waals surface area contributed by atoms with Crippen LogP contribution >= 0.6 is 11.3 Å². The Morgan fingerprint density at radius 1 is 0.722 bits per heavy atom. The fraction of sp³-hybridized carbons (Fsp3) is 0.0625. The first kappa shape index (κ1) is 20.0. The highest BCUT2D eigenvalue weighted by Gasteiger charge is 2.18. The molecule has 1 unspecified atom stereocenters. The highest BCUT2D eigenvalue weighted by Crippen LogP contribution is 2.38. The predicted molar refractivity (Wildman–Crippen MR) is 153 cm³/mol. The molecule has 0 aliphatic heterocycles. The van der Waals surface area contributed by atoms with Gasteiger partial charge < -0.3 is 4.57 Å². The average Bonchev–Trinajstić information content (AvgIpc) is 3.46. The van der Waals surface area contributed by atoms with E-state index < -0.39 is 0 Å². The fourth-order valence-corrected chi connectivity index (χ4v) is 6.68. The minimum Gasteiger partial charge on any atom is -0.310 e. The Morgan fingerprint density at radius 3 is 2.14 bits per heavy atom. The molecule has 3 nitrogen and oxygen atoms in total. The predicted octanol–water partition coefficient (Wildman–Crippen LogP) is 8.69. The van der Waals surface area contributed by atoms with Gasteiger partial charge in [-0.3, -0.25) is 0 Å². The van der Waals surface area contributed by atoms with Gasteiger partial charge in [-0.1, -0.05) is 72.8 Å². The lowest BCUT2D eigenvalue weighted by atomic mass is 9.91. The maximum absolute atomic E-state index is 4.92. The van der Waals surface area contributed by atoms with E-state index in [1.54, 1.807) is 11.3 Å².